The Morgan fingerprint density at radius 2 is 1.74 bits per heavy atom. The molecule has 0 bridgehead atoms. The van der Waals surface area contributed by atoms with Gasteiger partial charge in [-0.25, -0.2) is 0 Å². The fourth-order valence-electron chi connectivity index (χ4n) is 3.97. The molecular weight excluding hydrogens is 478 g/mol. The summed E-state index contributed by atoms with van der Waals surface area (Å²) in [6.07, 6.45) is 4.80. The molecule has 180 valence electrons. The van der Waals surface area contributed by atoms with Gasteiger partial charge in [0, 0.05) is 43.2 Å². The highest BCUT2D eigenvalue weighted by atomic mass is 35.5. The smallest absolute Gasteiger partial charge is 0.195 e. The first-order valence-corrected chi connectivity index (χ1v) is 13.0. The van der Waals surface area contributed by atoms with Crippen LogP contribution in [0.2, 0.25) is 5.02 Å². The zero-order chi connectivity index (χ0) is 24.8. The molecule has 0 fully saturated rings. The number of hydrogen-bond donors (Lipinski definition) is 2. The first-order valence-electron chi connectivity index (χ1n) is 11.8. The van der Waals surface area contributed by atoms with Crippen LogP contribution >= 0.6 is 22.9 Å². The lowest BCUT2D eigenvalue weighted by Crippen LogP contribution is -2.06. The number of aromatic hydroxyl groups is 1. The van der Waals surface area contributed by atoms with E-state index in [-0.39, 0.29) is 11.5 Å². The molecule has 0 atom stereocenters. The third-order valence-corrected chi connectivity index (χ3v) is 7.33. The Morgan fingerprint density at radius 1 is 1.00 bits per heavy atom. The van der Waals surface area contributed by atoms with Crippen LogP contribution in [-0.2, 0) is 0 Å². The summed E-state index contributed by atoms with van der Waals surface area (Å²) in [5.41, 5.74) is 2.80. The van der Waals surface area contributed by atoms with Gasteiger partial charge in [0.05, 0.1) is 6.61 Å². The first-order chi connectivity index (χ1) is 17.0. The van der Waals surface area contributed by atoms with E-state index in [1.807, 2.05) is 24.3 Å². The number of ether oxygens (including phenoxy) is 1. The van der Waals surface area contributed by atoms with Gasteiger partial charge in [-0.3, -0.25) is 4.79 Å². The highest BCUT2D eigenvalue weighted by molar-refractivity contribution is 7.22. The summed E-state index contributed by atoms with van der Waals surface area (Å²) in [6, 6.07) is 19.7. The molecule has 6 heteroatoms. The number of ketones is 1. The molecule has 0 aliphatic heterocycles. The minimum Gasteiger partial charge on any atom is -0.508 e. The van der Waals surface area contributed by atoms with E-state index in [1.54, 1.807) is 42.5 Å². The zero-order valence-electron chi connectivity index (χ0n) is 19.6. The average molecular weight is 506 g/mol. The molecule has 0 amide bonds. The second kappa shape index (κ2) is 11.5. The van der Waals surface area contributed by atoms with E-state index in [1.165, 1.54) is 11.3 Å². The van der Waals surface area contributed by atoms with Crippen LogP contribution in [0.5, 0.6) is 11.5 Å². The number of benzene rings is 3. The highest BCUT2D eigenvalue weighted by Gasteiger charge is 2.22. The summed E-state index contributed by atoms with van der Waals surface area (Å²) in [7, 11) is 0. The summed E-state index contributed by atoms with van der Waals surface area (Å²) in [6.45, 7) is 2.61. The van der Waals surface area contributed by atoms with Gasteiger partial charge in [-0.1, -0.05) is 43.5 Å². The molecule has 0 spiro atoms. The van der Waals surface area contributed by atoms with E-state index in [0.29, 0.717) is 34.9 Å². The number of unbranched alkanes of at least 4 members (excludes halogenated alkanes) is 2. The third kappa shape index (κ3) is 6.11. The molecule has 0 saturated heterocycles. The van der Waals surface area contributed by atoms with Gasteiger partial charge in [-0.05, 0) is 73.0 Å². The van der Waals surface area contributed by atoms with Crippen molar-refractivity contribution in [2.24, 2.45) is 0 Å². The maximum Gasteiger partial charge on any atom is 0.195 e. The van der Waals surface area contributed by atoms with Crippen LogP contribution in [0.1, 0.15) is 54.9 Å². The number of nitrogens with one attached hydrogen (secondary N) is 1. The Labute approximate surface area is 214 Å². The van der Waals surface area contributed by atoms with E-state index in [2.05, 4.69) is 6.92 Å². The van der Waals surface area contributed by atoms with Crippen molar-refractivity contribution in [3.63, 3.8) is 0 Å². The number of thiophene rings is 1. The van der Waals surface area contributed by atoms with Crippen LogP contribution in [0.3, 0.4) is 0 Å². The zero-order valence-corrected chi connectivity index (χ0v) is 21.2. The normalized spacial score (nSPS) is 11.0. The SMILES string of the molecule is CCCCCC(=N)CCOc1ccc(C(=O)c2c(-c3ccc(Cl)cc3)sc3cc(O)ccc23)cc1. The number of carbonyl (C=O) groups excluding carboxylic acids is 1. The highest BCUT2D eigenvalue weighted by Crippen LogP contribution is 2.41. The van der Waals surface area contributed by atoms with Crippen molar-refractivity contribution in [1.29, 1.82) is 5.41 Å². The van der Waals surface area contributed by atoms with Crippen molar-refractivity contribution in [2.75, 3.05) is 6.61 Å². The van der Waals surface area contributed by atoms with E-state index in [9.17, 15) is 9.90 Å². The number of fused-ring (bicyclic) bond motifs is 1. The van der Waals surface area contributed by atoms with Crippen molar-refractivity contribution in [3.8, 4) is 21.9 Å². The van der Waals surface area contributed by atoms with E-state index >= 15 is 0 Å². The Morgan fingerprint density at radius 3 is 2.46 bits per heavy atom. The number of carbonyl (C=O) groups is 1. The molecule has 4 rings (SSSR count). The lowest BCUT2D eigenvalue weighted by molar-refractivity contribution is 0.104. The molecule has 0 aliphatic carbocycles. The van der Waals surface area contributed by atoms with Crippen molar-refractivity contribution >= 4 is 44.5 Å². The second-order valence-corrected chi connectivity index (χ2v) is 9.99. The number of halogens is 1. The first kappa shape index (κ1) is 25.0. The molecule has 1 aromatic heterocycles. The van der Waals surface area contributed by atoms with Crippen LogP contribution in [0.4, 0.5) is 0 Å². The summed E-state index contributed by atoms with van der Waals surface area (Å²) in [4.78, 5) is 14.5. The van der Waals surface area contributed by atoms with Crippen LogP contribution in [0.25, 0.3) is 20.5 Å². The van der Waals surface area contributed by atoms with Crippen LogP contribution in [0, 0.1) is 5.41 Å². The molecule has 4 nitrogen and oxygen atoms in total. The Balaban J connectivity index is 1.53. The molecule has 0 saturated carbocycles. The standard InChI is InChI=1S/C29H28ClNO3S/c1-2-3-4-5-22(31)16-17-34-24-13-8-19(9-14-24)28(33)27-25-15-12-23(32)18-26(25)35-29(27)20-6-10-21(30)11-7-20/h6-15,18,31-32H,2-5,16-17H2,1H3. The average Bonchev–Trinajstić information content (AvgIpc) is 3.23. The van der Waals surface area contributed by atoms with Gasteiger partial charge in [0.1, 0.15) is 11.5 Å². The lowest BCUT2D eigenvalue weighted by atomic mass is 9.97. The van der Waals surface area contributed by atoms with Crippen LogP contribution in [-0.4, -0.2) is 23.2 Å². The fraction of sp³-hybridized carbons (Fsp3) is 0.241. The van der Waals surface area contributed by atoms with Gasteiger partial charge >= 0.3 is 0 Å². The van der Waals surface area contributed by atoms with E-state index in [4.69, 9.17) is 21.7 Å². The second-order valence-electron chi connectivity index (χ2n) is 8.51. The van der Waals surface area contributed by atoms with Gasteiger partial charge in [-0.2, -0.15) is 0 Å². The number of phenolic OH excluding ortho intramolecular Hbond substituents is 1. The largest absolute Gasteiger partial charge is 0.508 e. The minimum atomic E-state index is -0.0869. The number of rotatable bonds is 11. The number of hydrogen-bond acceptors (Lipinski definition) is 5. The van der Waals surface area contributed by atoms with Gasteiger partial charge in [0.2, 0.25) is 0 Å². The molecular formula is C29H28ClNO3S. The van der Waals surface area contributed by atoms with Crippen molar-refractivity contribution in [3.05, 3.63) is 82.9 Å². The summed E-state index contributed by atoms with van der Waals surface area (Å²) < 4.78 is 6.65. The topological polar surface area (TPSA) is 70.4 Å². The maximum absolute atomic E-state index is 13.7. The predicted octanol–water partition coefficient (Wildman–Crippen LogP) is 8.53. The molecule has 0 aliphatic rings. The van der Waals surface area contributed by atoms with Gasteiger partial charge < -0.3 is 15.3 Å². The van der Waals surface area contributed by atoms with E-state index in [0.717, 1.165) is 51.9 Å². The van der Waals surface area contributed by atoms with Crippen LogP contribution in [0.15, 0.2) is 66.7 Å². The summed E-state index contributed by atoms with van der Waals surface area (Å²) in [5.74, 6) is 0.762. The van der Waals surface area contributed by atoms with Crippen molar-refractivity contribution < 1.29 is 14.6 Å². The molecule has 0 unspecified atom stereocenters. The summed E-state index contributed by atoms with van der Waals surface area (Å²) in [5, 5.41) is 19.4. The predicted molar refractivity (Wildman–Crippen MR) is 146 cm³/mol. The van der Waals surface area contributed by atoms with Gasteiger partial charge in [0.15, 0.2) is 5.78 Å². The third-order valence-electron chi connectivity index (χ3n) is 5.88. The monoisotopic (exact) mass is 505 g/mol. The number of phenols is 1. The fourth-order valence-corrected chi connectivity index (χ4v) is 5.33. The summed E-state index contributed by atoms with van der Waals surface area (Å²) >= 11 is 7.55. The lowest BCUT2D eigenvalue weighted by Gasteiger charge is -2.09. The molecule has 0 radical (unpaired) electrons. The maximum atomic E-state index is 13.7. The Hall–Kier alpha value is -3.15. The Bertz CT molecular complexity index is 1330. The van der Waals surface area contributed by atoms with Crippen LogP contribution < -0.4 is 4.74 Å². The van der Waals surface area contributed by atoms with E-state index < -0.39 is 0 Å². The molecule has 2 N–H and O–H groups in total. The van der Waals surface area contributed by atoms with Gasteiger partial charge in [-0.15, -0.1) is 11.3 Å². The Kier molecular flexibility index (Phi) is 8.21. The van der Waals surface area contributed by atoms with Gasteiger partial charge in [0.25, 0.3) is 0 Å². The molecule has 1 heterocycles. The quantitative estimate of drug-likeness (QED) is 0.122. The molecule has 35 heavy (non-hydrogen) atoms. The van der Waals surface area contributed by atoms with Crippen molar-refractivity contribution in [2.45, 2.75) is 39.0 Å². The van der Waals surface area contributed by atoms with Crippen molar-refractivity contribution in [1.82, 2.24) is 0 Å². The minimum absolute atomic E-state index is 0.0869. The molecule has 3 aromatic carbocycles. The molecule has 4 aromatic rings.